The van der Waals surface area contributed by atoms with Gasteiger partial charge in [0.05, 0.1) is 12.1 Å². The van der Waals surface area contributed by atoms with Gasteiger partial charge in [0, 0.05) is 24.8 Å². The molecule has 0 amide bonds. The third-order valence-electron chi connectivity index (χ3n) is 1.51. The number of pyridine rings is 2. The molecular weight excluding hydrogens is 212 g/mol. The molecule has 0 saturated heterocycles. The van der Waals surface area contributed by atoms with E-state index >= 15 is 0 Å². The van der Waals surface area contributed by atoms with Gasteiger partial charge >= 0.3 is 0 Å². The van der Waals surface area contributed by atoms with Crippen LogP contribution in [-0.4, -0.2) is 17.1 Å². The van der Waals surface area contributed by atoms with Gasteiger partial charge in [-0.1, -0.05) is 11.6 Å². The second-order valence-electron chi connectivity index (χ2n) is 2.56. The lowest BCUT2D eigenvalue weighted by atomic mass is 10.5. The van der Waals surface area contributed by atoms with E-state index in [9.17, 15) is 0 Å². The molecule has 0 atom stereocenters. The Balaban J connectivity index is 0.000000151. The summed E-state index contributed by atoms with van der Waals surface area (Å²) in [4.78, 5) is 7.57. The summed E-state index contributed by atoms with van der Waals surface area (Å²) < 4.78 is 4.87. The number of rotatable bonds is 1. The first kappa shape index (κ1) is 11.5. The Morgan fingerprint density at radius 2 is 1.80 bits per heavy atom. The van der Waals surface area contributed by atoms with E-state index in [-0.39, 0.29) is 0 Å². The van der Waals surface area contributed by atoms with Crippen molar-refractivity contribution in [3.63, 3.8) is 0 Å². The van der Waals surface area contributed by atoms with Gasteiger partial charge in [0.2, 0.25) is 0 Å². The Hall–Kier alpha value is -1.61. The summed E-state index contributed by atoms with van der Waals surface area (Å²) in [7, 11) is 1.63. The van der Waals surface area contributed by atoms with Crippen LogP contribution in [0.15, 0.2) is 49.1 Å². The summed E-state index contributed by atoms with van der Waals surface area (Å²) >= 11 is 5.48. The highest BCUT2D eigenvalue weighted by molar-refractivity contribution is 6.30. The van der Waals surface area contributed by atoms with Crippen LogP contribution in [0.1, 0.15) is 0 Å². The van der Waals surface area contributed by atoms with E-state index in [2.05, 4.69) is 9.97 Å². The maximum Gasteiger partial charge on any atom is 0.121 e. The van der Waals surface area contributed by atoms with Crippen molar-refractivity contribution in [2.75, 3.05) is 7.11 Å². The zero-order valence-electron chi connectivity index (χ0n) is 8.30. The molecule has 0 aliphatic heterocycles. The SMILES string of the molecule is COc1ccncc1.Clc1cccnc1. The molecule has 0 aliphatic rings. The van der Waals surface area contributed by atoms with Gasteiger partial charge in [0.25, 0.3) is 0 Å². The Labute approximate surface area is 93.7 Å². The van der Waals surface area contributed by atoms with Crippen LogP contribution in [0.3, 0.4) is 0 Å². The van der Waals surface area contributed by atoms with Gasteiger partial charge in [-0.05, 0) is 24.3 Å². The predicted octanol–water partition coefficient (Wildman–Crippen LogP) is 2.83. The minimum atomic E-state index is 0.683. The summed E-state index contributed by atoms with van der Waals surface area (Å²) in [5, 5.41) is 0.683. The molecule has 0 bridgehead atoms. The predicted molar refractivity (Wildman–Crippen MR) is 60.0 cm³/mol. The standard InChI is InChI=1S/C6H7NO.C5H4ClN/c1-8-6-2-4-7-5-3-6;6-5-2-1-3-7-4-5/h2-5H,1H3;1-4H. The average Bonchev–Trinajstić information content (AvgIpc) is 2.32. The van der Waals surface area contributed by atoms with Crippen molar-refractivity contribution >= 4 is 11.6 Å². The van der Waals surface area contributed by atoms with Gasteiger partial charge in [0.1, 0.15) is 5.75 Å². The van der Waals surface area contributed by atoms with Crippen LogP contribution in [0.25, 0.3) is 0 Å². The third kappa shape index (κ3) is 4.98. The Morgan fingerprint density at radius 3 is 2.13 bits per heavy atom. The monoisotopic (exact) mass is 222 g/mol. The fourth-order valence-electron chi connectivity index (χ4n) is 0.816. The third-order valence-corrected chi connectivity index (χ3v) is 1.73. The van der Waals surface area contributed by atoms with E-state index < -0.39 is 0 Å². The van der Waals surface area contributed by atoms with E-state index in [1.165, 1.54) is 0 Å². The number of ether oxygens (including phenoxy) is 1. The van der Waals surface area contributed by atoms with Gasteiger partial charge in [-0.15, -0.1) is 0 Å². The van der Waals surface area contributed by atoms with E-state index in [4.69, 9.17) is 16.3 Å². The Morgan fingerprint density at radius 1 is 1.07 bits per heavy atom. The summed E-state index contributed by atoms with van der Waals surface area (Å²) in [6.45, 7) is 0. The van der Waals surface area contributed by atoms with Crippen LogP contribution in [0.4, 0.5) is 0 Å². The number of nitrogens with zero attached hydrogens (tertiary/aromatic N) is 2. The molecule has 2 aromatic rings. The van der Waals surface area contributed by atoms with Crippen LogP contribution in [-0.2, 0) is 0 Å². The van der Waals surface area contributed by atoms with Crippen molar-refractivity contribution in [2.45, 2.75) is 0 Å². The lowest BCUT2D eigenvalue weighted by Gasteiger charge is -1.93. The molecule has 15 heavy (non-hydrogen) atoms. The molecule has 0 saturated carbocycles. The van der Waals surface area contributed by atoms with Crippen molar-refractivity contribution in [1.29, 1.82) is 0 Å². The number of halogens is 1. The van der Waals surface area contributed by atoms with Gasteiger partial charge in [-0.25, -0.2) is 0 Å². The lowest BCUT2D eigenvalue weighted by Crippen LogP contribution is -1.80. The highest BCUT2D eigenvalue weighted by Gasteiger charge is 1.81. The van der Waals surface area contributed by atoms with E-state index in [0.717, 1.165) is 5.75 Å². The number of aromatic nitrogens is 2. The molecule has 2 aromatic heterocycles. The van der Waals surface area contributed by atoms with E-state index in [1.807, 2.05) is 0 Å². The molecule has 0 aliphatic carbocycles. The zero-order valence-corrected chi connectivity index (χ0v) is 9.06. The van der Waals surface area contributed by atoms with Gasteiger partial charge in [-0.2, -0.15) is 0 Å². The van der Waals surface area contributed by atoms with Crippen molar-refractivity contribution in [1.82, 2.24) is 9.97 Å². The zero-order chi connectivity index (χ0) is 10.9. The molecule has 4 heteroatoms. The van der Waals surface area contributed by atoms with E-state index in [0.29, 0.717) is 5.02 Å². The minimum absolute atomic E-state index is 0.683. The van der Waals surface area contributed by atoms with Crippen LogP contribution < -0.4 is 4.74 Å². The van der Waals surface area contributed by atoms with Crippen molar-refractivity contribution in [3.8, 4) is 5.75 Å². The minimum Gasteiger partial charge on any atom is -0.497 e. The highest BCUT2D eigenvalue weighted by atomic mass is 35.5. The molecule has 2 heterocycles. The topological polar surface area (TPSA) is 35.0 Å². The van der Waals surface area contributed by atoms with Crippen molar-refractivity contribution in [2.24, 2.45) is 0 Å². The molecule has 2 rings (SSSR count). The molecule has 0 radical (unpaired) electrons. The number of methoxy groups -OCH3 is 1. The van der Waals surface area contributed by atoms with Gasteiger partial charge in [0.15, 0.2) is 0 Å². The fraction of sp³-hybridized carbons (Fsp3) is 0.0909. The number of hydrogen-bond acceptors (Lipinski definition) is 3. The molecule has 0 unspecified atom stereocenters. The normalized spacial score (nSPS) is 8.67. The Kier molecular flexibility index (Phi) is 5.19. The average molecular weight is 223 g/mol. The maximum atomic E-state index is 5.48. The van der Waals surface area contributed by atoms with Gasteiger partial charge < -0.3 is 4.74 Å². The fourth-order valence-corrected chi connectivity index (χ4v) is 0.945. The van der Waals surface area contributed by atoms with Crippen molar-refractivity contribution in [3.05, 3.63) is 54.1 Å². The first-order valence-electron chi connectivity index (χ1n) is 4.32. The molecule has 0 spiro atoms. The quantitative estimate of drug-likeness (QED) is 0.744. The summed E-state index contributed by atoms with van der Waals surface area (Å²) in [6, 6.07) is 7.19. The summed E-state index contributed by atoms with van der Waals surface area (Å²) in [5.41, 5.74) is 0. The maximum absolute atomic E-state index is 5.48. The highest BCUT2D eigenvalue weighted by Crippen LogP contribution is 2.03. The van der Waals surface area contributed by atoms with Crippen LogP contribution in [0, 0.1) is 0 Å². The smallest absolute Gasteiger partial charge is 0.121 e. The lowest BCUT2D eigenvalue weighted by molar-refractivity contribution is 0.414. The molecule has 0 fully saturated rings. The Bertz CT molecular complexity index is 367. The summed E-state index contributed by atoms with van der Waals surface area (Å²) in [6.07, 6.45) is 6.67. The first-order valence-corrected chi connectivity index (χ1v) is 4.70. The van der Waals surface area contributed by atoms with Crippen LogP contribution in [0.5, 0.6) is 5.75 Å². The first-order chi connectivity index (χ1) is 7.33. The van der Waals surface area contributed by atoms with Crippen molar-refractivity contribution < 1.29 is 4.74 Å². The largest absolute Gasteiger partial charge is 0.497 e. The van der Waals surface area contributed by atoms with Crippen LogP contribution in [0.2, 0.25) is 5.02 Å². The molecule has 0 N–H and O–H groups in total. The molecular formula is C11H11ClN2O. The number of hydrogen-bond donors (Lipinski definition) is 0. The summed E-state index contributed by atoms with van der Waals surface area (Å²) in [5.74, 6) is 0.847. The van der Waals surface area contributed by atoms with E-state index in [1.54, 1.807) is 56.2 Å². The molecule has 0 aromatic carbocycles. The second-order valence-corrected chi connectivity index (χ2v) is 2.99. The molecule has 3 nitrogen and oxygen atoms in total. The molecule has 78 valence electrons. The van der Waals surface area contributed by atoms with Crippen LogP contribution >= 0.6 is 11.6 Å². The second kappa shape index (κ2) is 6.79. The van der Waals surface area contributed by atoms with Gasteiger partial charge in [-0.3, -0.25) is 9.97 Å².